The summed E-state index contributed by atoms with van der Waals surface area (Å²) in [6.07, 6.45) is 4.78. The van der Waals surface area contributed by atoms with Gasteiger partial charge < -0.3 is 5.73 Å². The highest BCUT2D eigenvalue weighted by atomic mass is 14.6. The molecule has 0 radical (unpaired) electrons. The van der Waals surface area contributed by atoms with Gasteiger partial charge >= 0.3 is 0 Å². The van der Waals surface area contributed by atoms with Crippen LogP contribution in [0.25, 0.3) is 0 Å². The summed E-state index contributed by atoms with van der Waals surface area (Å²) in [5, 5.41) is 0. The van der Waals surface area contributed by atoms with Crippen molar-refractivity contribution in [2.24, 2.45) is 5.73 Å². The maximum absolute atomic E-state index is 6.12. The first-order valence-corrected chi connectivity index (χ1v) is 5.61. The fourth-order valence-electron chi connectivity index (χ4n) is 2.62. The molecule has 0 aromatic heterocycles. The molecule has 1 nitrogen and oxygen atoms in total. The van der Waals surface area contributed by atoms with Crippen LogP contribution in [-0.4, -0.2) is 0 Å². The highest BCUT2D eigenvalue weighted by molar-refractivity contribution is 5.43. The van der Waals surface area contributed by atoms with Gasteiger partial charge in [-0.25, -0.2) is 0 Å². The van der Waals surface area contributed by atoms with Crippen LogP contribution in [0, 0.1) is 6.92 Å². The first kappa shape index (κ1) is 9.72. The number of hydrogen-bond acceptors (Lipinski definition) is 1. The molecule has 76 valence electrons. The fourth-order valence-corrected chi connectivity index (χ4v) is 2.62. The van der Waals surface area contributed by atoms with Gasteiger partial charge in [0.15, 0.2) is 0 Å². The maximum Gasteiger partial charge on any atom is 0.0297 e. The molecular weight excluding hydrogens is 170 g/mol. The Balaban J connectivity index is 2.55. The second kappa shape index (κ2) is 3.74. The predicted molar refractivity (Wildman–Crippen MR) is 60.4 cm³/mol. The smallest absolute Gasteiger partial charge is 0.0297 e. The Morgan fingerprint density at radius 3 is 2.93 bits per heavy atom. The van der Waals surface area contributed by atoms with Crippen molar-refractivity contribution < 1.29 is 0 Å². The molecule has 1 aromatic rings. The summed E-state index contributed by atoms with van der Waals surface area (Å²) < 4.78 is 0. The number of hydrogen-bond donors (Lipinski definition) is 1. The lowest BCUT2D eigenvalue weighted by Crippen LogP contribution is -2.19. The molecule has 0 spiro atoms. The first-order chi connectivity index (χ1) is 6.74. The second-order valence-corrected chi connectivity index (χ2v) is 4.28. The van der Waals surface area contributed by atoms with Crippen LogP contribution in [0.1, 0.15) is 48.1 Å². The normalized spacial score (nSPS) is 20.6. The molecule has 1 aliphatic carbocycles. The molecule has 0 amide bonds. The monoisotopic (exact) mass is 189 g/mol. The molecule has 1 heteroatoms. The Kier molecular flexibility index (Phi) is 2.60. The van der Waals surface area contributed by atoms with Crippen LogP contribution in [0.4, 0.5) is 0 Å². The van der Waals surface area contributed by atoms with Crippen LogP contribution >= 0.6 is 0 Å². The van der Waals surface area contributed by atoms with E-state index >= 15 is 0 Å². The van der Waals surface area contributed by atoms with Gasteiger partial charge in [0.05, 0.1) is 0 Å². The van der Waals surface area contributed by atoms with Gasteiger partial charge in [0.25, 0.3) is 0 Å². The molecule has 1 unspecified atom stereocenters. The molecule has 2 N–H and O–H groups in total. The molecule has 2 rings (SSSR count). The van der Waals surface area contributed by atoms with Gasteiger partial charge in [-0.15, -0.1) is 0 Å². The van der Waals surface area contributed by atoms with Gasteiger partial charge in [0.2, 0.25) is 0 Å². The van der Waals surface area contributed by atoms with Gasteiger partial charge in [0.1, 0.15) is 0 Å². The molecule has 0 fully saturated rings. The van der Waals surface area contributed by atoms with Gasteiger partial charge in [-0.1, -0.05) is 19.1 Å². The zero-order valence-corrected chi connectivity index (χ0v) is 9.14. The van der Waals surface area contributed by atoms with Crippen LogP contribution in [0.3, 0.4) is 0 Å². The minimum Gasteiger partial charge on any atom is -0.324 e. The van der Waals surface area contributed by atoms with E-state index in [2.05, 4.69) is 26.0 Å². The lowest BCUT2D eigenvalue weighted by Gasteiger charge is -2.25. The zero-order valence-electron chi connectivity index (χ0n) is 9.14. The summed E-state index contributed by atoms with van der Waals surface area (Å²) in [7, 11) is 0. The van der Waals surface area contributed by atoms with Crippen LogP contribution < -0.4 is 5.73 Å². The topological polar surface area (TPSA) is 26.0 Å². The fraction of sp³-hybridized carbons (Fsp3) is 0.538. The van der Waals surface area contributed by atoms with Crippen molar-refractivity contribution in [2.75, 3.05) is 0 Å². The molecule has 0 saturated carbocycles. The minimum absolute atomic E-state index is 0.282. The van der Waals surface area contributed by atoms with E-state index in [9.17, 15) is 0 Å². The lowest BCUT2D eigenvalue weighted by atomic mass is 9.83. The number of fused-ring (bicyclic) bond motifs is 1. The van der Waals surface area contributed by atoms with Crippen molar-refractivity contribution in [3.05, 3.63) is 34.4 Å². The average molecular weight is 189 g/mol. The van der Waals surface area contributed by atoms with Crippen LogP contribution in [0.2, 0.25) is 0 Å². The molecule has 0 bridgehead atoms. The van der Waals surface area contributed by atoms with Gasteiger partial charge in [0, 0.05) is 6.04 Å². The highest BCUT2D eigenvalue weighted by Crippen LogP contribution is 2.31. The molecule has 14 heavy (non-hydrogen) atoms. The van der Waals surface area contributed by atoms with E-state index in [-0.39, 0.29) is 6.04 Å². The number of nitrogens with two attached hydrogens (primary N) is 1. The van der Waals surface area contributed by atoms with E-state index in [1.807, 2.05) is 0 Å². The molecule has 0 aliphatic heterocycles. The van der Waals surface area contributed by atoms with Crippen molar-refractivity contribution in [3.8, 4) is 0 Å². The summed E-state index contributed by atoms with van der Waals surface area (Å²) in [5.74, 6) is 0. The van der Waals surface area contributed by atoms with E-state index in [4.69, 9.17) is 5.73 Å². The molecule has 0 heterocycles. The summed E-state index contributed by atoms with van der Waals surface area (Å²) in [6.45, 7) is 4.45. The Hall–Kier alpha value is -0.820. The van der Waals surface area contributed by atoms with Crippen molar-refractivity contribution in [3.63, 3.8) is 0 Å². The van der Waals surface area contributed by atoms with E-state index in [1.165, 1.54) is 29.5 Å². The number of aryl methyl sites for hydroxylation is 1. The van der Waals surface area contributed by atoms with Gasteiger partial charge in [-0.3, -0.25) is 0 Å². The van der Waals surface area contributed by atoms with Crippen LogP contribution in [0.15, 0.2) is 12.1 Å². The quantitative estimate of drug-likeness (QED) is 0.722. The number of benzene rings is 1. The van der Waals surface area contributed by atoms with Crippen LogP contribution in [0.5, 0.6) is 0 Å². The lowest BCUT2D eigenvalue weighted by molar-refractivity contribution is 0.566. The largest absolute Gasteiger partial charge is 0.324 e. The molecule has 1 aromatic carbocycles. The van der Waals surface area contributed by atoms with E-state index in [0.717, 1.165) is 12.8 Å². The third-order valence-corrected chi connectivity index (χ3v) is 3.40. The maximum atomic E-state index is 6.12. The van der Waals surface area contributed by atoms with E-state index < -0.39 is 0 Å². The molecular formula is C13H19N. The average Bonchev–Trinajstić information content (AvgIpc) is 2.18. The van der Waals surface area contributed by atoms with Crippen molar-refractivity contribution in [1.82, 2.24) is 0 Å². The van der Waals surface area contributed by atoms with Gasteiger partial charge in [-0.2, -0.15) is 0 Å². The number of rotatable bonds is 1. The summed E-state index contributed by atoms with van der Waals surface area (Å²) in [5.41, 5.74) is 12.0. The van der Waals surface area contributed by atoms with Crippen molar-refractivity contribution >= 4 is 0 Å². The Morgan fingerprint density at radius 1 is 1.43 bits per heavy atom. The van der Waals surface area contributed by atoms with Gasteiger partial charge in [-0.05, 0) is 54.9 Å². The summed E-state index contributed by atoms with van der Waals surface area (Å²) >= 11 is 0. The highest BCUT2D eigenvalue weighted by Gasteiger charge is 2.19. The first-order valence-electron chi connectivity index (χ1n) is 5.61. The predicted octanol–water partition coefficient (Wildman–Crippen LogP) is 2.89. The standard InChI is InChI=1S/C13H19N/c1-3-10-9(2)7-8-12-11(10)5-4-6-13(12)14/h7-8,13H,3-6,14H2,1-2H3. The third-order valence-electron chi connectivity index (χ3n) is 3.40. The Bertz CT molecular complexity index is 341. The van der Waals surface area contributed by atoms with Crippen molar-refractivity contribution in [2.45, 2.75) is 45.6 Å². The molecule has 1 atom stereocenters. The Labute approximate surface area is 86.3 Å². The SMILES string of the molecule is CCc1c(C)ccc2c1CCCC2N. The van der Waals surface area contributed by atoms with Crippen molar-refractivity contribution in [1.29, 1.82) is 0 Å². The minimum atomic E-state index is 0.282. The summed E-state index contributed by atoms with van der Waals surface area (Å²) in [4.78, 5) is 0. The third kappa shape index (κ3) is 1.46. The second-order valence-electron chi connectivity index (χ2n) is 4.28. The molecule has 1 aliphatic rings. The van der Waals surface area contributed by atoms with Crippen LogP contribution in [-0.2, 0) is 12.8 Å². The molecule has 0 saturated heterocycles. The zero-order chi connectivity index (χ0) is 10.1. The van der Waals surface area contributed by atoms with E-state index in [0.29, 0.717) is 0 Å². The Morgan fingerprint density at radius 2 is 2.21 bits per heavy atom. The van der Waals surface area contributed by atoms with E-state index in [1.54, 1.807) is 5.56 Å². The summed E-state index contributed by atoms with van der Waals surface area (Å²) in [6, 6.07) is 4.74.